The molecule has 0 amide bonds. The lowest BCUT2D eigenvalue weighted by Gasteiger charge is -2.28. The molecule has 0 bridgehead atoms. The lowest BCUT2D eigenvalue weighted by molar-refractivity contribution is 0.0702. The van der Waals surface area contributed by atoms with Crippen LogP contribution < -0.4 is 0 Å². The van der Waals surface area contributed by atoms with Crippen molar-refractivity contribution < 1.29 is 4.74 Å². The van der Waals surface area contributed by atoms with Crippen LogP contribution in [0, 0.1) is 6.92 Å². The van der Waals surface area contributed by atoms with Gasteiger partial charge in [-0.1, -0.05) is 47.1 Å². The number of hydrogen-bond acceptors (Lipinski definition) is 7. The quantitative estimate of drug-likeness (QED) is 0.482. The van der Waals surface area contributed by atoms with E-state index in [0.29, 0.717) is 0 Å². The molecule has 2 heterocycles. The van der Waals surface area contributed by atoms with Crippen LogP contribution in [0.4, 0.5) is 0 Å². The lowest BCUT2D eigenvalue weighted by Crippen LogP contribution is -2.38. The fourth-order valence-corrected chi connectivity index (χ4v) is 4.87. The molecule has 0 aromatic carbocycles. The van der Waals surface area contributed by atoms with E-state index in [9.17, 15) is 0 Å². The van der Waals surface area contributed by atoms with Gasteiger partial charge >= 0.3 is 0 Å². The number of thioether (sulfide) groups is 2. The number of aromatic nitrogens is 2. The minimum Gasteiger partial charge on any atom is -0.378 e. The number of thiocarbonyl (C=S) groups is 1. The predicted molar refractivity (Wildman–Crippen MR) is 78.0 cm³/mol. The van der Waals surface area contributed by atoms with Crippen molar-refractivity contribution in [3.8, 4) is 0 Å². The second-order valence-corrected chi connectivity index (χ2v) is 7.74. The van der Waals surface area contributed by atoms with Crippen molar-refractivity contribution >= 4 is 51.4 Å². The van der Waals surface area contributed by atoms with Crippen molar-refractivity contribution in [3.63, 3.8) is 0 Å². The average Bonchev–Trinajstić information content (AvgIpc) is 2.76. The fraction of sp³-hybridized carbons (Fsp3) is 0.667. The Labute approximate surface area is 119 Å². The molecule has 0 atom stereocenters. The predicted octanol–water partition coefficient (Wildman–Crippen LogP) is 2.25. The highest BCUT2D eigenvalue weighted by molar-refractivity contribution is 8.29. The van der Waals surface area contributed by atoms with Crippen molar-refractivity contribution in [1.82, 2.24) is 15.1 Å². The summed E-state index contributed by atoms with van der Waals surface area (Å²) < 4.78 is 7.27. The zero-order valence-corrected chi connectivity index (χ0v) is 12.7. The summed E-state index contributed by atoms with van der Waals surface area (Å²) in [5, 5.41) is 9.95. The van der Waals surface area contributed by atoms with Crippen LogP contribution in [0.2, 0.25) is 0 Å². The van der Waals surface area contributed by atoms with Crippen molar-refractivity contribution in [1.29, 1.82) is 0 Å². The second kappa shape index (κ2) is 6.89. The monoisotopic (exact) mass is 307 g/mol. The van der Waals surface area contributed by atoms with Gasteiger partial charge in [0.25, 0.3) is 0 Å². The van der Waals surface area contributed by atoms with Crippen molar-refractivity contribution in [2.45, 2.75) is 11.3 Å². The number of hydrogen-bond donors (Lipinski definition) is 0. The van der Waals surface area contributed by atoms with Gasteiger partial charge in [-0.05, 0) is 6.92 Å². The third kappa shape index (κ3) is 4.36. The van der Waals surface area contributed by atoms with Crippen LogP contribution in [-0.4, -0.2) is 50.8 Å². The molecule has 1 saturated heterocycles. The summed E-state index contributed by atoms with van der Waals surface area (Å²) in [6.45, 7) is 5.35. The number of nitrogens with zero attached hydrogens (tertiary/aromatic N) is 3. The Kier molecular flexibility index (Phi) is 5.49. The Bertz CT molecular complexity index is 378. The molecule has 0 aliphatic carbocycles. The van der Waals surface area contributed by atoms with Gasteiger partial charge in [0, 0.05) is 13.1 Å². The fourth-order valence-electron chi connectivity index (χ4n) is 1.30. The molecule has 2 rings (SSSR count). The van der Waals surface area contributed by atoms with Crippen molar-refractivity contribution in [2.75, 3.05) is 31.4 Å². The Morgan fingerprint density at radius 3 is 2.88 bits per heavy atom. The van der Waals surface area contributed by atoms with Crippen LogP contribution in [-0.2, 0) is 4.74 Å². The zero-order chi connectivity index (χ0) is 12.1. The number of morpholine rings is 1. The van der Waals surface area contributed by atoms with Crippen LogP contribution in [0.15, 0.2) is 4.34 Å². The van der Waals surface area contributed by atoms with Gasteiger partial charge in [0.15, 0.2) is 4.34 Å². The van der Waals surface area contributed by atoms with E-state index in [1.165, 1.54) is 0 Å². The second-order valence-electron chi connectivity index (χ2n) is 3.36. The van der Waals surface area contributed by atoms with Crippen LogP contribution in [0.1, 0.15) is 5.01 Å². The Balaban J connectivity index is 1.69. The van der Waals surface area contributed by atoms with Crippen molar-refractivity contribution in [3.05, 3.63) is 5.01 Å². The smallest absolute Gasteiger partial charge is 0.175 e. The zero-order valence-electron chi connectivity index (χ0n) is 9.42. The Morgan fingerprint density at radius 1 is 1.47 bits per heavy atom. The molecule has 1 fully saturated rings. The Morgan fingerprint density at radius 2 is 2.24 bits per heavy atom. The molecule has 94 valence electrons. The maximum Gasteiger partial charge on any atom is 0.175 e. The van der Waals surface area contributed by atoms with Crippen LogP contribution in [0.3, 0.4) is 0 Å². The molecule has 4 nitrogen and oxygen atoms in total. The summed E-state index contributed by atoms with van der Waals surface area (Å²) in [5.41, 5.74) is 0. The minimum absolute atomic E-state index is 0.781. The van der Waals surface area contributed by atoms with Crippen LogP contribution in [0.25, 0.3) is 0 Å². The topological polar surface area (TPSA) is 38.2 Å². The molecule has 0 spiro atoms. The molecule has 1 aliphatic heterocycles. The van der Waals surface area contributed by atoms with E-state index in [1.807, 2.05) is 6.92 Å². The molecule has 1 aromatic heterocycles. The molecule has 0 unspecified atom stereocenters. The van der Waals surface area contributed by atoms with E-state index in [0.717, 1.165) is 45.1 Å². The van der Waals surface area contributed by atoms with E-state index in [4.69, 9.17) is 17.0 Å². The first kappa shape index (κ1) is 13.5. The van der Waals surface area contributed by atoms with Gasteiger partial charge in [-0.25, -0.2) is 0 Å². The van der Waals surface area contributed by atoms with Gasteiger partial charge in [-0.15, -0.1) is 10.2 Å². The number of rotatable bonds is 3. The van der Waals surface area contributed by atoms with Gasteiger partial charge in [0.1, 0.15) is 9.33 Å². The first-order valence-corrected chi connectivity index (χ1v) is 8.37. The van der Waals surface area contributed by atoms with Gasteiger partial charge in [-0.3, -0.25) is 0 Å². The van der Waals surface area contributed by atoms with E-state index in [-0.39, 0.29) is 0 Å². The first-order chi connectivity index (χ1) is 8.25. The number of aryl methyl sites for hydroxylation is 1. The molecule has 0 radical (unpaired) electrons. The first-order valence-electron chi connectivity index (χ1n) is 5.18. The third-order valence-electron chi connectivity index (χ3n) is 2.14. The van der Waals surface area contributed by atoms with Gasteiger partial charge in [0.05, 0.1) is 18.3 Å². The molecular weight excluding hydrogens is 294 g/mol. The van der Waals surface area contributed by atoms with Crippen LogP contribution >= 0.6 is 47.1 Å². The van der Waals surface area contributed by atoms with Gasteiger partial charge in [0.2, 0.25) is 0 Å². The molecular formula is C9H13N3OS4. The van der Waals surface area contributed by atoms with Crippen LogP contribution in [0.5, 0.6) is 0 Å². The van der Waals surface area contributed by atoms with Gasteiger partial charge in [-0.2, -0.15) is 0 Å². The highest BCUT2D eigenvalue weighted by Gasteiger charge is 2.14. The maximum absolute atomic E-state index is 5.38. The molecule has 1 aliphatic rings. The summed E-state index contributed by atoms with van der Waals surface area (Å²) in [6.07, 6.45) is 0. The summed E-state index contributed by atoms with van der Waals surface area (Å²) >= 11 is 10.4. The van der Waals surface area contributed by atoms with E-state index >= 15 is 0 Å². The minimum atomic E-state index is 0.781. The van der Waals surface area contributed by atoms with E-state index < -0.39 is 0 Å². The maximum atomic E-state index is 5.38. The molecule has 0 saturated carbocycles. The third-order valence-corrected chi connectivity index (χ3v) is 5.77. The van der Waals surface area contributed by atoms with Gasteiger partial charge < -0.3 is 9.64 Å². The molecule has 0 N–H and O–H groups in total. The molecule has 8 heteroatoms. The highest BCUT2D eigenvalue weighted by Crippen LogP contribution is 2.26. The highest BCUT2D eigenvalue weighted by atomic mass is 32.2. The molecule has 1 aromatic rings. The molecule has 17 heavy (non-hydrogen) atoms. The number of ether oxygens (including phenoxy) is 1. The average molecular weight is 307 g/mol. The summed E-state index contributed by atoms with van der Waals surface area (Å²) in [4.78, 5) is 2.20. The summed E-state index contributed by atoms with van der Waals surface area (Å²) in [7, 11) is 0. The van der Waals surface area contributed by atoms with E-state index in [2.05, 4.69) is 15.1 Å². The largest absolute Gasteiger partial charge is 0.378 e. The lowest BCUT2D eigenvalue weighted by atomic mass is 10.5. The normalized spacial score (nSPS) is 16.2. The summed E-state index contributed by atoms with van der Waals surface area (Å²) in [6, 6.07) is 0. The SMILES string of the molecule is Cc1nnc(SCSC(=S)N2CCOCC2)s1. The standard InChI is InChI=1S/C9H13N3OS4/c1-7-10-11-8(17-7)15-6-16-9(14)12-2-4-13-5-3-12/h2-6H2,1H3. The Hall–Kier alpha value is 0.110. The summed E-state index contributed by atoms with van der Waals surface area (Å²) in [5.74, 6) is 0. The van der Waals surface area contributed by atoms with E-state index in [1.54, 1.807) is 34.9 Å². The van der Waals surface area contributed by atoms with Crippen molar-refractivity contribution in [2.24, 2.45) is 0 Å².